The van der Waals surface area contributed by atoms with Gasteiger partial charge in [-0.05, 0) is 12.1 Å². The second kappa shape index (κ2) is 6.16. The summed E-state index contributed by atoms with van der Waals surface area (Å²) in [6.45, 7) is -0.748. The molecule has 0 spiro atoms. The van der Waals surface area contributed by atoms with Crippen LogP contribution in [0.1, 0.15) is 11.9 Å². The van der Waals surface area contributed by atoms with Crippen molar-refractivity contribution in [1.82, 2.24) is 15.2 Å². The third-order valence-electron chi connectivity index (χ3n) is 2.90. The zero-order valence-electron chi connectivity index (χ0n) is 10.4. The number of nitrogens with zero attached hydrogens (tertiary/aromatic N) is 3. The molecule has 0 aliphatic carbocycles. The summed E-state index contributed by atoms with van der Waals surface area (Å²) >= 11 is 0. The Balaban J connectivity index is 2.24. The van der Waals surface area contributed by atoms with Crippen molar-refractivity contribution in [2.24, 2.45) is 0 Å². The largest absolute Gasteiger partial charge is 0.394 e. The second-order valence-corrected chi connectivity index (χ2v) is 4.33. The van der Waals surface area contributed by atoms with Crippen molar-refractivity contribution in [2.45, 2.75) is 24.4 Å². The molecule has 0 radical (unpaired) electrons. The lowest BCUT2D eigenvalue weighted by Gasteiger charge is -2.24. The molecule has 2 aromatic rings. The predicted molar refractivity (Wildman–Crippen MR) is 67.4 cm³/mol. The van der Waals surface area contributed by atoms with E-state index in [0.29, 0.717) is 11.0 Å². The van der Waals surface area contributed by atoms with Crippen molar-refractivity contribution in [2.75, 3.05) is 6.61 Å². The fourth-order valence-corrected chi connectivity index (χ4v) is 1.69. The van der Waals surface area contributed by atoms with Gasteiger partial charge >= 0.3 is 0 Å². The summed E-state index contributed by atoms with van der Waals surface area (Å²) in [4.78, 5) is 4.02. The minimum atomic E-state index is -1.75. The molecule has 0 saturated heterocycles. The zero-order valence-corrected chi connectivity index (χ0v) is 10.4. The van der Waals surface area contributed by atoms with Crippen LogP contribution in [0.25, 0.3) is 11.0 Å². The van der Waals surface area contributed by atoms with E-state index < -0.39 is 31.0 Å². The minimum Gasteiger partial charge on any atom is -0.394 e. The Labute approximate surface area is 114 Å². The van der Waals surface area contributed by atoms with Crippen LogP contribution in [0, 0.1) is 0 Å². The number of para-hydroxylation sites is 1. The van der Waals surface area contributed by atoms with Crippen LogP contribution in [-0.2, 0) is 0 Å². The molecule has 0 aliphatic rings. The molecular weight excluding hydrogens is 266 g/mol. The molecule has 5 N–H and O–H groups in total. The lowest BCUT2D eigenvalue weighted by Crippen LogP contribution is -2.43. The summed E-state index contributed by atoms with van der Waals surface area (Å²) < 4.78 is 0. The van der Waals surface area contributed by atoms with E-state index in [2.05, 4.69) is 15.2 Å². The Morgan fingerprint density at radius 2 is 1.55 bits per heavy atom. The van der Waals surface area contributed by atoms with Gasteiger partial charge in [0.15, 0.2) is 5.82 Å². The highest BCUT2D eigenvalue weighted by molar-refractivity contribution is 5.72. The van der Waals surface area contributed by atoms with Gasteiger partial charge < -0.3 is 25.5 Å². The number of aliphatic hydroxyl groups is 5. The van der Waals surface area contributed by atoms with Gasteiger partial charge in [0.25, 0.3) is 0 Å². The fourth-order valence-electron chi connectivity index (χ4n) is 1.69. The number of aliphatic hydroxyl groups excluding tert-OH is 5. The number of rotatable bonds is 5. The molecule has 4 atom stereocenters. The van der Waals surface area contributed by atoms with Gasteiger partial charge in [0.1, 0.15) is 29.9 Å². The molecule has 8 heteroatoms. The van der Waals surface area contributed by atoms with E-state index in [1.54, 1.807) is 24.3 Å². The summed E-state index contributed by atoms with van der Waals surface area (Å²) in [5.74, 6) is -0.180. The van der Waals surface area contributed by atoms with E-state index in [1.807, 2.05) is 0 Å². The maximum Gasteiger partial charge on any atom is 0.183 e. The number of benzene rings is 1. The average Bonchev–Trinajstić information content (AvgIpc) is 2.51. The van der Waals surface area contributed by atoms with E-state index in [1.165, 1.54) is 0 Å². The fraction of sp³-hybridized carbons (Fsp3) is 0.417. The first-order valence-corrected chi connectivity index (χ1v) is 5.97. The summed E-state index contributed by atoms with van der Waals surface area (Å²) in [5.41, 5.74) is 0.995. The van der Waals surface area contributed by atoms with Gasteiger partial charge in [-0.2, -0.15) is 0 Å². The highest BCUT2D eigenvalue weighted by Crippen LogP contribution is 2.18. The van der Waals surface area contributed by atoms with Crippen LogP contribution in [0.2, 0.25) is 0 Å². The van der Waals surface area contributed by atoms with E-state index in [-0.39, 0.29) is 5.82 Å². The van der Waals surface area contributed by atoms with Gasteiger partial charge in [0.2, 0.25) is 0 Å². The van der Waals surface area contributed by atoms with E-state index in [0.717, 1.165) is 0 Å². The van der Waals surface area contributed by atoms with Crippen molar-refractivity contribution >= 4 is 11.0 Å². The topological polar surface area (TPSA) is 140 Å². The molecule has 1 heterocycles. The molecule has 1 aromatic carbocycles. The van der Waals surface area contributed by atoms with Crippen LogP contribution >= 0.6 is 0 Å². The van der Waals surface area contributed by atoms with Crippen LogP contribution in [0.3, 0.4) is 0 Å². The van der Waals surface area contributed by atoms with Crippen molar-refractivity contribution in [3.05, 3.63) is 30.1 Å². The van der Waals surface area contributed by atoms with Crippen molar-refractivity contribution in [3.63, 3.8) is 0 Å². The maximum absolute atomic E-state index is 9.90. The molecule has 0 aliphatic heterocycles. The molecule has 1 aromatic heterocycles. The lowest BCUT2D eigenvalue weighted by atomic mass is 10.0. The monoisotopic (exact) mass is 281 g/mol. The third kappa shape index (κ3) is 2.89. The Morgan fingerprint density at radius 1 is 0.900 bits per heavy atom. The van der Waals surface area contributed by atoms with Gasteiger partial charge in [0.05, 0.1) is 12.1 Å². The predicted octanol–water partition coefficient (Wildman–Crippen LogP) is -1.87. The van der Waals surface area contributed by atoms with Gasteiger partial charge in [-0.15, -0.1) is 10.2 Å². The minimum absolute atomic E-state index is 0.180. The van der Waals surface area contributed by atoms with Crippen LogP contribution in [0.5, 0.6) is 0 Å². The quantitative estimate of drug-likeness (QED) is 0.429. The molecule has 108 valence electrons. The SMILES string of the molecule is OC[C@@H](O)[C@H](O)[C@H](O)[C@@H](O)c1nnc2ccccc2n1. The average molecular weight is 281 g/mol. The van der Waals surface area contributed by atoms with Gasteiger partial charge in [-0.3, -0.25) is 0 Å². The molecule has 0 saturated carbocycles. The molecule has 8 nitrogen and oxygen atoms in total. The van der Waals surface area contributed by atoms with Crippen LogP contribution in [0.15, 0.2) is 24.3 Å². The standard InChI is InChI=1S/C12H15N3O5/c16-5-8(17)9(18)10(19)11(20)12-13-6-3-1-2-4-7(6)14-15-12/h1-4,8-11,16-20H,5H2/t8-,9+,10+,11-/m1/s1. The lowest BCUT2D eigenvalue weighted by molar-refractivity contribution is -0.118. The normalized spacial score (nSPS) is 17.6. The van der Waals surface area contributed by atoms with Crippen LogP contribution in [0.4, 0.5) is 0 Å². The summed E-state index contributed by atoms with van der Waals surface area (Å²) in [7, 11) is 0. The molecule has 0 unspecified atom stereocenters. The molecular formula is C12H15N3O5. The Morgan fingerprint density at radius 3 is 2.20 bits per heavy atom. The summed E-state index contributed by atoms with van der Waals surface area (Å²) in [6.07, 6.45) is -6.69. The Bertz CT molecular complexity index is 582. The van der Waals surface area contributed by atoms with Gasteiger partial charge in [-0.1, -0.05) is 12.1 Å². The molecule has 0 fully saturated rings. The summed E-state index contributed by atoms with van der Waals surface area (Å²) in [6, 6.07) is 6.83. The first kappa shape index (κ1) is 14.7. The smallest absolute Gasteiger partial charge is 0.183 e. The summed E-state index contributed by atoms with van der Waals surface area (Å²) in [5, 5.41) is 54.6. The van der Waals surface area contributed by atoms with Crippen molar-refractivity contribution in [3.8, 4) is 0 Å². The molecule has 0 bridgehead atoms. The van der Waals surface area contributed by atoms with Crippen molar-refractivity contribution in [1.29, 1.82) is 0 Å². The van der Waals surface area contributed by atoms with E-state index >= 15 is 0 Å². The third-order valence-corrected chi connectivity index (χ3v) is 2.90. The van der Waals surface area contributed by atoms with Crippen molar-refractivity contribution < 1.29 is 25.5 Å². The molecule has 2 rings (SSSR count). The van der Waals surface area contributed by atoms with Gasteiger partial charge in [0, 0.05) is 0 Å². The Hall–Kier alpha value is -1.71. The first-order valence-electron chi connectivity index (χ1n) is 5.97. The zero-order chi connectivity index (χ0) is 14.7. The van der Waals surface area contributed by atoms with E-state index in [9.17, 15) is 20.4 Å². The van der Waals surface area contributed by atoms with Crippen LogP contribution in [-0.4, -0.2) is 65.6 Å². The van der Waals surface area contributed by atoms with Crippen LogP contribution < -0.4 is 0 Å². The second-order valence-electron chi connectivity index (χ2n) is 4.33. The highest BCUT2D eigenvalue weighted by Gasteiger charge is 2.32. The molecule has 0 amide bonds. The highest BCUT2D eigenvalue weighted by atomic mass is 16.4. The van der Waals surface area contributed by atoms with E-state index in [4.69, 9.17) is 5.11 Å². The Kier molecular flexibility index (Phi) is 4.53. The number of aromatic nitrogens is 3. The number of fused-ring (bicyclic) bond motifs is 1. The maximum atomic E-state index is 9.90. The van der Waals surface area contributed by atoms with Gasteiger partial charge in [-0.25, -0.2) is 4.98 Å². The number of hydrogen-bond acceptors (Lipinski definition) is 8. The first-order chi connectivity index (χ1) is 9.54. The molecule has 20 heavy (non-hydrogen) atoms. The number of hydrogen-bond donors (Lipinski definition) is 5.